The number of carbonyl (C=O) groups excluding carboxylic acids is 4. The fourth-order valence-electron chi connectivity index (χ4n) is 4.81. The summed E-state index contributed by atoms with van der Waals surface area (Å²) in [6.07, 6.45) is 18.4. The Morgan fingerprint density at radius 1 is 0.975 bits per heavy atom. The van der Waals surface area contributed by atoms with E-state index < -0.39 is 0 Å². The van der Waals surface area contributed by atoms with Gasteiger partial charge in [0.15, 0.2) is 0 Å². The smallest absolute Gasteiger partial charge is 0.224 e. The van der Waals surface area contributed by atoms with Crippen molar-refractivity contribution in [3.8, 4) is 0 Å². The van der Waals surface area contributed by atoms with Crippen LogP contribution in [-0.4, -0.2) is 55.6 Å². The number of nitrogens with one attached hydrogen (secondary N) is 3. The first-order valence-electron chi connectivity index (χ1n) is 15.2. The standard InChI is InChI=1S/C26H43N5O3.C5H10O/c1-31(29-20-33)18-24-21(19-32)10-9-11-25(24)30-26(34)12-7-5-3-2-4-6-8-17-28-23-15-13-22(27)14-16-23;1-2-3-4-5-6/h9-11,19-20,22-23,28H,2-8,12-18,27H2,1H3,(H,29,33)(H,30,34);5H,2-4H2,1H3. The number of hydrogen-bond acceptors (Lipinski definition) is 7. The molecule has 2 rings (SSSR count). The molecule has 1 aromatic rings. The maximum atomic E-state index is 12.4. The Labute approximate surface area is 241 Å². The van der Waals surface area contributed by atoms with Crippen LogP contribution in [0, 0.1) is 0 Å². The van der Waals surface area contributed by atoms with Crippen molar-refractivity contribution in [3.05, 3.63) is 29.3 Å². The number of anilines is 1. The molecule has 0 atom stereocenters. The van der Waals surface area contributed by atoms with E-state index in [1.54, 1.807) is 30.3 Å². The van der Waals surface area contributed by atoms with E-state index in [4.69, 9.17) is 5.73 Å². The van der Waals surface area contributed by atoms with Crippen molar-refractivity contribution >= 4 is 30.6 Å². The van der Waals surface area contributed by atoms with Crippen molar-refractivity contribution in [2.75, 3.05) is 18.9 Å². The maximum Gasteiger partial charge on any atom is 0.224 e. The van der Waals surface area contributed by atoms with Gasteiger partial charge in [-0.1, -0.05) is 57.6 Å². The molecule has 9 nitrogen and oxygen atoms in total. The van der Waals surface area contributed by atoms with Crippen molar-refractivity contribution in [1.82, 2.24) is 15.8 Å². The van der Waals surface area contributed by atoms with Crippen LogP contribution in [0.2, 0.25) is 0 Å². The van der Waals surface area contributed by atoms with E-state index in [9.17, 15) is 19.2 Å². The minimum absolute atomic E-state index is 0.0509. The number of carbonyl (C=O) groups is 4. The molecule has 1 fully saturated rings. The Kier molecular flexibility index (Phi) is 20.5. The number of rotatable bonds is 20. The zero-order valence-electron chi connectivity index (χ0n) is 24.8. The molecule has 226 valence electrons. The van der Waals surface area contributed by atoms with E-state index in [-0.39, 0.29) is 5.91 Å². The molecule has 1 saturated carbocycles. The molecule has 40 heavy (non-hydrogen) atoms. The zero-order chi connectivity index (χ0) is 29.4. The Balaban J connectivity index is 0.00000120. The fourth-order valence-corrected chi connectivity index (χ4v) is 4.81. The summed E-state index contributed by atoms with van der Waals surface area (Å²) in [5, 5.41) is 8.17. The second kappa shape index (κ2) is 23.1. The van der Waals surface area contributed by atoms with Gasteiger partial charge < -0.3 is 21.2 Å². The lowest BCUT2D eigenvalue weighted by Gasteiger charge is -2.26. The largest absolute Gasteiger partial charge is 0.328 e. The van der Waals surface area contributed by atoms with Gasteiger partial charge in [0.05, 0.1) is 0 Å². The first kappa shape index (κ1) is 35.4. The second-order valence-corrected chi connectivity index (χ2v) is 10.7. The molecule has 0 aliphatic heterocycles. The molecule has 0 unspecified atom stereocenters. The van der Waals surface area contributed by atoms with Crippen molar-refractivity contribution < 1.29 is 19.2 Å². The van der Waals surface area contributed by atoms with Crippen LogP contribution in [0.15, 0.2) is 18.2 Å². The summed E-state index contributed by atoms with van der Waals surface area (Å²) in [6.45, 7) is 3.49. The van der Waals surface area contributed by atoms with Gasteiger partial charge in [0.1, 0.15) is 12.6 Å². The van der Waals surface area contributed by atoms with Crippen LogP contribution in [0.25, 0.3) is 0 Å². The number of nitrogens with two attached hydrogens (primary N) is 1. The van der Waals surface area contributed by atoms with E-state index in [0.717, 1.165) is 70.5 Å². The topological polar surface area (TPSA) is 134 Å². The van der Waals surface area contributed by atoms with Crippen LogP contribution >= 0.6 is 0 Å². The Hall–Kier alpha value is -2.62. The molecular formula is C31H53N5O4. The van der Waals surface area contributed by atoms with Crippen molar-refractivity contribution in [3.63, 3.8) is 0 Å². The highest BCUT2D eigenvalue weighted by Crippen LogP contribution is 2.21. The molecular weight excluding hydrogens is 506 g/mol. The highest BCUT2D eigenvalue weighted by Gasteiger charge is 2.17. The van der Waals surface area contributed by atoms with Gasteiger partial charge in [0, 0.05) is 55.3 Å². The van der Waals surface area contributed by atoms with Gasteiger partial charge >= 0.3 is 0 Å². The number of hydrazine groups is 1. The minimum Gasteiger partial charge on any atom is -0.328 e. The lowest BCUT2D eigenvalue weighted by atomic mass is 9.92. The summed E-state index contributed by atoms with van der Waals surface area (Å²) in [5.74, 6) is -0.0509. The summed E-state index contributed by atoms with van der Waals surface area (Å²) in [7, 11) is 1.70. The van der Waals surface area contributed by atoms with Gasteiger partial charge in [-0.3, -0.25) is 19.8 Å². The molecule has 1 aliphatic rings. The van der Waals surface area contributed by atoms with Crippen molar-refractivity contribution in [2.24, 2.45) is 5.73 Å². The number of amides is 2. The van der Waals surface area contributed by atoms with Gasteiger partial charge in [-0.25, -0.2) is 5.01 Å². The average Bonchev–Trinajstić information content (AvgIpc) is 2.95. The zero-order valence-corrected chi connectivity index (χ0v) is 24.8. The van der Waals surface area contributed by atoms with Crippen LogP contribution in [0.5, 0.6) is 0 Å². The number of hydrogen-bond donors (Lipinski definition) is 4. The molecule has 0 radical (unpaired) electrons. The number of aldehydes is 2. The molecule has 0 aromatic heterocycles. The third kappa shape index (κ3) is 16.5. The van der Waals surface area contributed by atoms with Crippen LogP contribution < -0.4 is 21.8 Å². The molecule has 5 N–H and O–H groups in total. The van der Waals surface area contributed by atoms with Gasteiger partial charge in [-0.2, -0.15) is 0 Å². The lowest BCUT2D eigenvalue weighted by Crippen LogP contribution is -2.37. The van der Waals surface area contributed by atoms with Crippen molar-refractivity contribution in [1.29, 1.82) is 0 Å². The van der Waals surface area contributed by atoms with Gasteiger partial charge in [-0.05, 0) is 57.6 Å². The number of unbranched alkanes of at least 4 members (excludes halogenated alkanes) is 8. The number of benzene rings is 1. The Morgan fingerprint density at radius 2 is 1.65 bits per heavy atom. The highest BCUT2D eigenvalue weighted by molar-refractivity contribution is 5.93. The molecule has 2 amide bonds. The van der Waals surface area contributed by atoms with Gasteiger partial charge in [0.2, 0.25) is 12.3 Å². The molecule has 0 saturated heterocycles. The molecule has 0 heterocycles. The van der Waals surface area contributed by atoms with E-state index in [1.165, 1.54) is 38.5 Å². The predicted molar refractivity (Wildman–Crippen MR) is 162 cm³/mol. The second-order valence-electron chi connectivity index (χ2n) is 10.7. The predicted octanol–water partition coefficient (Wildman–Crippen LogP) is 4.89. The maximum absolute atomic E-state index is 12.4. The minimum atomic E-state index is -0.0509. The number of nitrogens with zero attached hydrogens (tertiary/aromatic N) is 1. The molecule has 9 heteroatoms. The van der Waals surface area contributed by atoms with Gasteiger partial charge in [-0.15, -0.1) is 0 Å². The summed E-state index contributed by atoms with van der Waals surface area (Å²) in [6, 6.07) is 6.31. The fraction of sp³-hybridized carbons (Fsp3) is 0.677. The average molecular weight is 560 g/mol. The van der Waals surface area contributed by atoms with Crippen LogP contribution in [0.4, 0.5) is 5.69 Å². The molecule has 1 aromatic carbocycles. The van der Waals surface area contributed by atoms with E-state index in [2.05, 4.69) is 23.0 Å². The summed E-state index contributed by atoms with van der Waals surface area (Å²) >= 11 is 0. The van der Waals surface area contributed by atoms with E-state index in [0.29, 0.717) is 48.3 Å². The highest BCUT2D eigenvalue weighted by atomic mass is 16.2. The third-order valence-corrected chi connectivity index (χ3v) is 7.24. The Bertz CT molecular complexity index is 843. The summed E-state index contributed by atoms with van der Waals surface area (Å²) < 4.78 is 0. The molecule has 1 aliphatic carbocycles. The summed E-state index contributed by atoms with van der Waals surface area (Å²) in [4.78, 5) is 44.1. The monoisotopic (exact) mass is 559 g/mol. The summed E-state index contributed by atoms with van der Waals surface area (Å²) in [5.41, 5.74) is 10.3. The van der Waals surface area contributed by atoms with Gasteiger partial charge in [0.25, 0.3) is 0 Å². The quantitative estimate of drug-likeness (QED) is 0.102. The van der Waals surface area contributed by atoms with Crippen LogP contribution in [-0.2, 0) is 20.9 Å². The first-order valence-corrected chi connectivity index (χ1v) is 15.2. The molecule has 0 spiro atoms. The first-order chi connectivity index (χ1) is 19.4. The lowest BCUT2D eigenvalue weighted by molar-refractivity contribution is -0.116. The third-order valence-electron chi connectivity index (χ3n) is 7.24. The van der Waals surface area contributed by atoms with Crippen molar-refractivity contribution in [2.45, 2.75) is 122 Å². The Morgan fingerprint density at radius 3 is 2.25 bits per heavy atom. The van der Waals surface area contributed by atoms with Crippen LogP contribution in [0.3, 0.4) is 0 Å². The van der Waals surface area contributed by atoms with E-state index >= 15 is 0 Å². The SMILES string of the molecule is CCCCC=O.CN(Cc1c(C=O)cccc1NC(=O)CCCCCCCCCNC1CCC(N)CC1)NC=O. The molecule has 0 bridgehead atoms. The normalized spacial score (nSPS) is 16.5. The van der Waals surface area contributed by atoms with Crippen LogP contribution in [0.1, 0.15) is 119 Å². The van der Waals surface area contributed by atoms with E-state index in [1.807, 2.05) is 0 Å².